The zero-order valence-corrected chi connectivity index (χ0v) is 17.0. The summed E-state index contributed by atoms with van der Waals surface area (Å²) < 4.78 is 2.18. The zero-order valence-electron chi connectivity index (χ0n) is 17.0. The average molecular weight is 406 g/mol. The quantitative estimate of drug-likeness (QED) is 0.446. The van der Waals surface area contributed by atoms with Gasteiger partial charge >= 0.3 is 0 Å². The van der Waals surface area contributed by atoms with Crippen molar-refractivity contribution >= 4 is 27.6 Å². The molecule has 2 aromatic heterocycles. The summed E-state index contributed by atoms with van der Waals surface area (Å²) in [7, 11) is 0. The van der Waals surface area contributed by atoms with E-state index in [9.17, 15) is 4.79 Å². The normalized spacial score (nSPS) is 15.8. The van der Waals surface area contributed by atoms with Crippen LogP contribution in [0.5, 0.6) is 0 Å². The molecule has 0 saturated carbocycles. The van der Waals surface area contributed by atoms with Crippen LogP contribution in [0.4, 0.5) is 0 Å². The molecule has 31 heavy (non-hydrogen) atoms. The summed E-state index contributed by atoms with van der Waals surface area (Å²) in [4.78, 5) is 21.1. The highest BCUT2D eigenvalue weighted by Crippen LogP contribution is 2.26. The summed E-state index contributed by atoms with van der Waals surface area (Å²) in [6, 6.07) is 24.6. The van der Waals surface area contributed by atoms with Gasteiger partial charge in [-0.3, -0.25) is 4.79 Å². The molecule has 0 spiro atoms. The molecular weight excluding hydrogens is 384 g/mol. The number of nitrogens with zero attached hydrogens (tertiary/aromatic N) is 2. The molecule has 6 rings (SSSR count). The lowest BCUT2D eigenvalue weighted by Gasteiger charge is -2.24. The zero-order chi connectivity index (χ0) is 20.8. The van der Waals surface area contributed by atoms with Crippen LogP contribution in [0, 0.1) is 0 Å². The van der Waals surface area contributed by atoms with E-state index in [2.05, 4.69) is 51.4 Å². The Kier molecular flexibility index (Phi) is 4.13. The minimum atomic E-state index is -0.0582. The van der Waals surface area contributed by atoms with Gasteiger partial charge in [0.2, 0.25) is 0 Å². The molecule has 3 heterocycles. The van der Waals surface area contributed by atoms with Gasteiger partial charge in [0.15, 0.2) is 0 Å². The molecule has 0 saturated heterocycles. The SMILES string of the molecule is O=C(NC1CCc2nc(-c3ccccc3)cn2C1)c1cc2c(ccc3ccccc32)[nH]1. The maximum atomic E-state index is 13.0. The van der Waals surface area contributed by atoms with E-state index in [4.69, 9.17) is 4.98 Å². The van der Waals surface area contributed by atoms with Crippen LogP contribution in [0.2, 0.25) is 0 Å². The fourth-order valence-corrected chi connectivity index (χ4v) is 4.58. The third-order valence-electron chi connectivity index (χ3n) is 6.17. The number of amides is 1. The third kappa shape index (κ3) is 3.19. The first-order valence-corrected chi connectivity index (χ1v) is 10.7. The molecule has 2 N–H and O–H groups in total. The molecule has 1 aliphatic rings. The lowest BCUT2D eigenvalue weighted by Crippen LogP contribution is -2.41. The van der Waals surface area contributed by atoms with Crippen molar-refractivity contribution in [1.29, 1.82) is 0 Å². The number of aryl methyl sites for hydroxylation is 1. The first kappa shape index (κ1) is 18.0. The van der Waals surface area contributed by atoms with Gasteiger partial charge in [-0.25, -0.2) is 4.98 Å². The first-order valence-electron chi connectivity index (χ1n) is 10.7. The second kappa shape index (κ2) is 7.13. The Labute approximate surface area is 179 Å². The van der Waals surface area contributed by atoms with Gasteiger partial charge in [0.05, 0.1) is 5.69 Å². The van der Waals surface area contributed by atoms with Gasteiger partial charge in [0.25, 0.3) is 5.91 Å². The number of carbonyl (C=O) groups is 1. The van der Waals surface area contributed by atoms with Gasteiger partial charge < -0.3 is 14.9 Å². The summed E-state index contributed by atoms with van der Waals surface area (Å²) in [6.07, 6.45) is 3.84. The summed E-state index contributed by atoms with van der Waals surface area (Å²) >= 11 is 0. The lowest BCUT2D eigenvalue weighted by molar-refractivity contribution is 0.0923. The summed E-state index contributed by atoms with van der Waals surface area (Å²) in [5.74, 6) is 1.03. The van der Waals surface area contributed by atoms with Gasteiger partial charge in [-0.05, 0) is 29.3 Å². The van der Waals surface area contributed by atoms with E-state index in [1.54, 1.807) is 0 Å². The van der Waals surface area contributed by atoms with Crippen molar-refractivity contribution in [3.05, 3.63) is 90.5 Å². The third-order valence-corrected chi connectivity index (χ3v) is 6.17. The number of rotatable bonds is 3. The first-order chi connectivity index (χ1) is 15.2. The fraction of sp³-hybridized carbons (Fsp3) is 0.154. The van der Waals surface area contributed by atoms with E-state index in [0.29, 0.717) is 5.69 Å². The number of hydrogen-bond donors (Lipinski definition) is 2. The number of imidazole rings is 1. The van der Waals surface area contributed by atoms with Gasteiger partial charge in [-0.15, -0.1) is 0 Å². The summed E-state index contributed by atoms with van der Waals surface area (Å²) in [5.41, 5.74) is 3.70. The van der Waals surface area contributed by atoms with Gasteiger partial charge in [0, 0.05) is 41.7 Å². The molecular formula is C26H22N4O. The van der Waals surface area contributed by atoms with Crippen LogP contribution in [-0.4, -0.2) is 26.5 Å². The molecule has 0 fully saturated rings. The molecule has 5 nitrogen and oxygen atoms in total. The Morgan fingerprint density at radius 2 is 1.84 bits per heavy atom. The minimum absolute atomic E-state index is 0.0582. The van der Waals surface area contributed by atoms with Crippen LogP contribution in [0.3, 0.4) is 0 Å². The Morgan fingerprint density at radius 1 is 1.00 bits per heavy atom. The van der Waals surface area contributed by atoms with Crippen molar-refractivity contribution in [2.24, 2.45) is 0 Å². The van der Waals surface area contributed by atoms with Gasteiger partial charge in [-0.2, -0.15) is 0 Å². The highest BCUT2D eigenvalue weighted by atomic mass is 16.1. The van der Waals surface area contributed by atoms with E-state index in [0.717, 1.165) is 52.8 Å². The molecule has 0 radical (unpaired) electrons. The number of aromatic nitrogens is 3. The summed E-state index contributed by atoms with van der Waals surface area (Å²) in [6.45, 7) is 0.740. The number of benzene rings is 3. The number of H-pyrrole nitrogens is 1. The Bertz CT molecular complexity index is 1410. The topological polar surface area (TPSA) is 62.7 Å². The lowest BCUT2D eigenvalue weighted by atomic mass is 10.1. The molecule has 3 aromatic carbocycles. The van der Waals surface area contributed by atoms with Crippen LogP contribution < -0.4 is 5.32 Å². The second-order valence-electron chi connectivity index (χ2n) is 8.20. The summed E-state index contributed by atoms with van der Waals surface area (Å²) in [5, 5.41) is 6.63. The molecule has 5 heteroatoms. The highest BCUT2D eigenvalue weighted by molar-refractivity contribution is 6.09. The van der Waals surface area contributed by atoms with E-state index in [1.807, 2.05) is 42.5 Å². The highest BCUT2D eigenvalue weighted by Gasteiger charge is 2.23. The smallest absolute Gasteiger partial charge is 0.268 e. The predicted molar refractivity (Wildman–Crippen MR) is 123 cm³/mol. The van der Waals surface area contributed by atoms with E-state index in [1.165, 1.54) is 5.39 Å². The average Bonchev–Trinajstić information content (AvgIpc) is 3.44. The number of nitrogens with one attached hydrogen (secondary N) is 2. The minimum Gasteiger partial charge on any atom is -0.351 e. The predicted octanol–water partition coefficient (Wildman–Crippen LogP) is 4.93. The van der Waals surface area contributed by atoms with Crippen LogP contribution in [-0.2, 0) is 13.0 Å². The van der Waals surface area contributed by atoms with E-state index >= 15 is 0 Å². The van der Waals surface area contributed by atoms with Crippen LogP contribution >= 0.6 is 0 Å². The monoisotopic (exact) mass is 406 g/mol. The Balaban J connectivity index is 1.22. The second-order valence-corrected chi connectivity index (χ2v) is 8.20. The van der Waals surface area contributed by atoms with Crippen molar-refractivity contribution < 1.29 is 4.79 Å². The molecule has 0 bridgehead atoms. The molecule has 0 aliphatic carbocycles. The molecule has 5 aromatic rings. The number of carbonyl (C=O) groups excluding carboxylic acids is 1. The van der Waals surface area contributed by atoms with Gasteiger partial charge in [0.1, 0.15) is 11.5 Å². The maximum Gasteiger partial charge on any atom is 0.268 e. The fourth-order valence-electron chi connectivity index (χ4n) is 4.58. The number of fused-ring (bicyclic) bond motifs is 4. The largest absolute Gasteiger partial charge is 0.351 e. The number of aromatic amines is 1. The van der Waals surface area contributed by atoms with Crippen molar-refractivity contribution in [3.63, 3.8) is 0 Å². The molecule has 1 amide bonds. The van der Waals surface area contributed by atoms with Crippen LogP contribution in [0.1, 0.15) is 22.7 Å². The molecule has 1 atom stereocenters. The van der Waals surface area contributed by atoms with E-state index in [-0.39, 0.29) is 11.9 Å². The number of hydrogen-bond acceptors (Lipinski definition) is 2. The van der Waals surface area contributed by atoms with Crippen LogP contribution in [0.15, 0.2) is 79.0 Å². The van der Waals surface area contributed by atoms with Gasteiger partial charge in [-0.1, -0.05) is 60.7 Å². The molecule has 152 valence electrons. The van der Waals surface area contributed by atoms with E-state index < -0.39 is 0 Å². The molecule has 1 aliphatic heterocycles. The standard InChI is InChI=1S/C26H22N4O/c31-26(23-14-21-20-9-5-4-6-17(20)10-12-22(21)28-23)27-19-11-13-25-29-24(16-30(25)15-19)18-7-2-1-3-8-18/h1-10,12,14,16,19,28H,11,13,15H2,(H,27,31). The van der Waals surface area contributed by atoms with Crippen LogP contribution in [0.25, 0.3) is 32.9 Å². The Hall–Kier alpha value is -3.86. The van der Waals surface area contributed by atoms with Crippen molar-refractivity contribution in [1.82, 2.24) is 19.9 Å². The van der Waals surface area contributed by atoms with Crippen molar-refractivity contribution in [3.8, 4) is 11.3 Å². The van der Waals surface area contributed by atoms with Crippen molar-refractivity contribution in [2.75, 3.05) is 0 Å². The Morgan fingerprint density at radius 3 is 2.74 bits per heavy atom. The maximum absolute atomic E-state index is 13.0. The van der Waals surface area contributed by atoms with Crippen molar-refractivity contribution in [2.45, 2.75) is 25.4 Å². The molecule has 1 unspecified atom stereocenters.